The molecule has 2 unspecified atom stereocenters. The molecule has 1 amide bonds. The molecule has 0 aliphatic carbocycles. The van der Waals surface area contributed by atoms with Crippen LogP contribution in [0.4, 0.5) is 5.69 Å². The summed E-state index contributed by atoms with van der Waals surface area (Å²) in [5.74, 6) is -0.193. The van der Waals surface area contributed by atoms with Gasteiger partial charge in [0, 0.05) is 12.3 Å². The number of hydrogen-bond donors (Lipinski definition) is 2. The molecule has 5 heteroatoms. The van der Waals surface area contributed by atoms with Gasteiger partial charge in [-0.15, -0.1) is 0 Å². The Morgan fingerprint density at radius 1 is 1.59 bits per heavy atom. The standard InChI is InChI=1S/C12H14ClNO3/c1-7-9(4-5-17-7)12(16)14-8-2-3-11(15)10(13)6-8/h2-3,6-7,9,15H,4-5H2,1H3,(H,14,16). The van der Waals surface area contributed by atoms with E-state index in [0.717, 1.165) is 6.42 Å². The normalized spacial score (nSPS) is 23.6. The van der Waals surface area contributed by atoms with Gasteiger partial charge in [-0.1, -0.05) is 11.6 Å². The van der Waals surface area contributed by atoms with Crippen molar-refractivity contribution in [3.63, 3.8) is 0 Å². The van der Waals surface area contributed by atoms with Crippen molar-refractivity contribution in [3.8, 4) is 5.75 Å². The van der Waals surface area contributed by atoms with Gasteiger partial charge in [-0.25, -0.2) is 0 Å². The van der Waals surface area contributed by atoms with E-state index in [1.807, 2.05) is 6.92 Å². The van der Waals surface area contributed by atoms with Gasteiger partial charge < -0.3 is 15.2 Å². The summed E-state index contributed by atoms with van der Waals surface area (Å²) in [6, 6.07) is 4.58. The number of aromatic hydroxyl groups is 1. The number of rotatable bonds is 2. The lowest BCUT2D eigenvalue weighted by atomic mass is 10.0. The number of phenolic OH excluding ortho intramolecular Hbond substituents is 1. The van der Waals surface area contributed by atoms with Gasteiger partial charge in [0.15, 0.2) is 0 Å². The van der Waals surface area contributed by atoms with Crippen molar-refractivity contribution in [3.05, 3.63) is 23.2 Å². The third-order valence-electron chi connectivity index (χ3n) is 2.93. The summed E-state index contributed by atoms with van der Waals surface area (Å²) >= 11 is 5.76. The van der Waals surface area contributed by atoms with Crippen molar-refractivity contribution in [2.45, 2.75) is 19.4 Å². The van der Waals surface area contributed by atoms with Crippen molar-refractivity contribution in [1.29, 1.82) is 0 Å². The predicted octanol–water partition coefficient (Wildman–Crippen LogP) is 2.41. The fourth-order valence-electron chi connectivity index (χ4n) is 1.90. The summed E-state index contributed by atoms with van der Waals surface area (Å²) in [6.07, 6.45) is 0.682. The Bertz CT molecular complexity index is 436. The van der Waals surface area contributed by atoms with Gasteiger partial charge in [-0.2, -0.15) is 0 Å². The minimum Gasteiger partial charge on any atom is -0.506 e. The molecule has 1 fully saturated rings. The van der Waals surface area contributed by atoms with Crippen LogP contribution in [0.15, 0.2) is 18.2 Å². The number of halogens is 1. The molecular formula is C12H14ClNO3. The van der Waals surface area contributed by atoms with E-state index in [4.69, 9.17) is 16.3 Å². The first kappa shape index (κ1) is 12.2. The summed E-state index contributed by atoms with van der Waals surface area (Å²) in [7, 11) is 0. The molecular weight excluding hydrogens is 242 g/mol. The predicted molar refractivity (Wildman–Crippen MR) is 65.3 cm³/mol. The van der Waals surface area contributed by atoms with Crippen molar-refractivity contribution in [1.82, 2.24) is 0 Å². The fourth-order valence-corrected chi connectivity index (χ4v) is 2.08. The fraction of sp³-hybridized carbons (Fsp3) is 0.417. The summed E-state index contributed by atoms with van der Waals surface area (Å²) in [6.45, 7) is 2.51. The van der Waals surface area contributed by atoms with Crippen molar-refractivity contribution >= 4 is 23.2 Å². The molecule has 0 saturated carbocycles. The van der Waals surface area contributed by atoms with Crippen LogP contribution >= 0.6 is 11.6 Å². The molecule has 1 saturated heterocycles. The quantitative estimate of drug-likeness (QED) is 0.798. The van der Waals surface area contributed by atoms with E-state index >= 15 is 0 Å². The van der Waals surface area contributed by atoms with E-state index in [-0.39, 0.29) is 28.7 Å². The van der Waals surface area contributed by atoms with Gasteiger partial charge in [-0.3, -0.25) is 4.79 Å². The molecule has 2 atom stereocenters. The van der Waals surface area contributed by atoms with Crippen LogP contribution in [0.3, 0.4) is 0 Å². The molecule has 1 heterocycles. The van der Waals surface area contributed by atoms with E-state index in [1.54, 1.807) is 6.07 Å². The number of hydrogen-bond acceptors (Lipinski definition) is 3. The lowest BCUT2D eigenvalue weighted by molar-refractivity contribution is -0.121. The number of benzene rings is 1. The van der Waals surface area contributed by atoms with Crippen LogP contribution in [0.2, 0.25) is 5.02 Å². The summed E-state index contributed by atoms with van der Waals surface area (Å²) in [4.78, 5) is 11.9. The number of carbonyl (C=O) groups is 1. The Hall–Kier alpha value is -1.26. The summed E-state index contributed by atoms with van der Waals surface area (Å²) in [5.41, 5.74) is 0.580. The third kappa shape index (κ3) is 2.70. The van der Waals surface area contributed by atoms with Gasteiger partial charge in [-0.05, 0) is 31.5 Å². The summed E-state index contributed by atoms with van der Waals surface area (Å²) in [5, 5.41) is 12.3. The molecule has 4 nitrogen and oxygen atoms in total. The second kappa shape index (κ2) is 4.94. The first-order chi connectivity index (χ1) is 8.08. The van der Waals surface area contributed by atoms with E-state index in [1.165, 1.54) is 12.1 Å². The van der Waals surface area contributed by atoms with Crippen molar-refractivity contribution < 1.29 is 14.6 Å². The van der Waals surface area contributed by atoms with E-state index < -0.39 is 0 Å². The topological polar surface area (TPSA) is 58.6 Å². The van der Waals surface area contributed by atoms with Crippen LogP contribution in [-0.2, 0) is 9.53 Å². The maximum absolute atomic E-state index is 11.9. The number of nitrogens with one attached hydrogen (secondary N) is 1. The zero-order valence-electron chi connectivity index (χ0n) is 9.44. The van der Waals surface area contributed by atoms with E-state index in [0.29, 0.717) is 12.3 Å². The largest absolute Gasteiger partial charge is 0.506 e. The third-order valence-corrected chi connectivity index (χ3v) is 3.23. The second-order valence-electron chi connectivity index (χ2n) is 4.13. The molecule has 0 radical (unpaired) electrons. The van der Waals surface area contributed by atoms with Gasteiger partial charge in [0.1, 0.15) is 5.75 Å². The number of anilines is 1. The molecule has 1 aliphatic heterocycles. The molecule has 2 rings (SSSR count). The van der Waals surface area contributed by atoms with Crippen LogP contribution in [0.25, 0.3) is 0 Å². The van der Waals surface area contributed by atoms with Gasteiger partial charge in [0.05, 0.1) is 17.0 Å². The molecule has 1 aromatic rings. The number of phenols is 1. The maximum atomic E-state index is 11.9. The molecule has 0 bridgehead atoms. The van der Waals surface area contributed by atoms with Gasteiger partial charge >= 0.3 is 0 Å². The van der Waals surface area contributed by atoms with Gasteiger partial charge in [0.25, 0.3) is 0 Å². The minimum absolute atomic E-state index is 0.00207. The highest BCUT2D eigenvalue weighted by atomic mass is 35.5. The number of ether oxygens (including phenoxy) is 1. The van der Waals surface area contributed by atoms with Crippen molar-refractivity contribution in [2.75, 3.05) is 11.9 Å². The first-order valence-corrected chi connectivity index (χ1v) is 5.86. The Balaban J connectivity index is 2.05. The lowest BCUT2D eigenvalue weighted by Gasteiger charge is -2.14. The average Bonchev–Trinajstić information content (AvgIpc) is 2.70. The smallest absolute Gasteiger partial charge is 0.230 e. The average molecular weight is 256 g/mol. The van der Waals surface area contributed by atoms with Crippen LogP contribution in [0, 0.1) is 5.92 Å². The molecule has 2 N–H and O–H groups in total. The molecule has 92 valence electrons. The molecule has 17 heavy (non-hydrogen) atoms. The minimum atomic E-state index is -0.123. The van der Waals surface area contributed by atoms with Gasteiger partial charge in [0.2, 0.25) is 5.91 Å². The highest BCUT2D eigenvalue weighted by Gasteiger charge is 2.30. The highest BCUT2D eigenvalue weighted by molar-refractivity contribution is 6.32. The first-order valence-electron chi connectivity index (χ1n) is 5.49. The number of amides is 1. The maximum Gasteiger partial charge on any atom is 0.230 e. The van der Waals surface area contributed by atoms with Crippen LogP contribution in [0.1, 0.15) is 13.3 Å². The van der Waals surface area contributed by atoms with E-state index in [9.17, 15) is 9.90 Å². The van der Waals surface area contributed by atoms with Crippen LogP contribution in [0.5, 0.6) is 5.75 Å². The molecule has 1 aromatic carbocycles. The Morgan fingerprint density at radius 3 is 2.94 bits per heavy atom. The highest BCUT2D eigenvalue weighted by Crippen LogP contribution is 2.27. The van der Waals surface area contributed by atoms with Crippen LogP contribution < -0.4 is 5.32 Å². The zero-order chi connectivity index (χ0) is 12.4. The Labute approximate surface area is 105 Å². The van der Waals surface area contributed by atoms with Crippen LogP contribution in [-0.4, -0.2) is 23.7 Å². The second-order valence-corrected chi connectivity index (χ2v) is 4.53. The lowest BCUT2D eigenvalue weighted by Crippen LogP contribution is -2.27. The SMILES string of the molecule is CC1OCCC1C(=O)Nc1ccc(O)c(Cl)c1. The monoisotopic (exact) mass is 255 g/mol. The van der Waals surface area contributed by atoms with E-state index in [2.05, 4.69) is 5.32 Å². The molecule has 0 spiro atoms. The molecule has 1 aliphatic rings. The number of carbonyl (C=O) groups excluding carboxylic acids is 1. The summed E-state index contributed by atoms with van der Waals surface area (Å²) < 4.78 is 5.34. The molecule has 0 aromatic heterocycles. The van der Waals surface area contributed by atoms with Crippen molar-refractivity contribution in [2.24, 2.45) is 5.92 Å². The Kier molecular flexibility index (Phi) is 3.54. The zero-order valence-corrected chi connectivity index (χ0v) is 10.2. The Morgan fingerprint density at radius 2 is 2.35 bits per heavy atom.